The van der Waals surface area contributed by atoms with Crippen LogP contribution in [0.3, 0.4) is 0 Å². The number of benzene rings is 2. The van der Waals surface area contributed by atoms with Gasteiger partial charge in [-0.25, -0.2) is 0 Å². The Morgan fingerprint density at radius 3 is 2.32 bits per heavy atom. The van der Waals surface area contributed by atoms with Crippen LogP contribution in [0.4, 0.5) is 11.4 Å². The van der Waals surface area contributed by atoms with E-state index in [9.17, 15) is 0 Å². The van der Waals surface area contributed by atoms with E-state index in [4.69, 9.17) is 4.98 Å². The molecule has 3 rings (SSSR count). The minimum atomic E-state index is 0. The van der Waals surface area contributed by atoms with Gasteiger partial charge in [0, 0.05) is 26.0 Å². The molecule has 0 atom stereocenters. The van der Waals surface area contributed by atoms with E-state index in [1.807, 2.05) is 6.92 Å². The Morgan fingerprint density at radius 1 is 0.955 bits per heavy atom. The van der Waals surface area contributed by atoms with Crippen LogP contribution in [0, 0.1) is 24.3 Å². The largest absolute Gasteiger partial charge is 0.355 e. The molecule has 0 radical (unpaired) electrons. The molecule has 3 aromatic rings. The van der Waals surface area contributed by atoms with Crippen LogP contribution >= 0.6 is 35.0 Å². The number of halogens is 2. The fourth-order valence-corrected chi connectivity index (χ4v) is 2.96. The van der Waals surface area contributed by atoms with Crippen molar-refractivity contribution in [1.82, 2.24) is 4.98 Å². The van der Waals surface area contributed by atoms with Gasteiger partial charge in [-0.3, -0.25) is 4.98 Å². The fraction of sp³-hybridized carbons (Fsp3) is 0.167. The first kappa shape index (κ1) is 17.0. The van der Waals surface area contributed by atoms with Gasteiger partial charge < -0.3 is 5.32 Å². The summed E-state index contributed by atoms with van der Waals surface area (Å²) in [6, 6.07) is 14.9. The normalized spacial score (nSPS) is 10.4. The molecule has 0 amide bonds. The highest BCUT2D eigenvalue weighted by atomic mass is 127. The number of aromatic nitrogens is 1. The maximum Gasteiger partial charge on any atom is 0.0755 e. The van der Waals surface area contributed by atoms with Crippen LogP contribution in [0.15, 0.2) is 42.5 Å². The van der Waals surface area contributed by atoms with E-state index < -0.39 is 0 Å². The summed E-state index contributed by atoms with van der Waals surface area (Å²) in [5.41, 5.74) is 6.80. The van der Waals surface area contributed by atoms with Crippen molar-refractivity contribution < 1.29 is 0 Å². The SMILES string of the molecule is Cc1cc(C)c2nc(C)cc(Nc3ccc(I)cc3)c2c1.Cl. The third kappa shape index (κ3) is 3.52. The first-order chi connectivity index (χ1) is 10.0. The second kappa shape index (κ2) is 6.84. The molecule has 0 spiro atoms. The quantitative estimate of drug-likeness (QED) is 0.516. The molecule has 0 saturated heterocycles. The highest BCUT2D eigenvalue weighted by molar-refractivity contribution is 14.1. The zero-order valence-corrected chi connectivity index (χ0v) is 15.7. The van der Waals surface area contributed by atoms with Gasteiger partial charge in [0.05, 0.1) is 5.52 Å². The lowest BCUT2D eigenvalue weighted by Gasteiger charge is -2.13. The number of hydrogen-bond donors (Lipinski definition) is 1. The summed E-state index contributed by atoms with van der Waals surface area (Å²) in [5.74, 6) is 0. The molecule has 0 saturated carbocycles. The Labute approximate surface area is 150 Å². The Morgan fingerprint density at radius 2 is 1.64 bits per heavy atom. The lowest BCUT2D eigenvalue weighted by molar-refractivity contribution is 1.23. The van der Waals surface area contributed by atoms with E-state index in [0.29, 0.717) is 0 Å². The predicted octanol–water partition coefficient (Wildman–Crippen LogP) is 5.93. The number of anilines is 2. The topological polar surface area (TPSA) is 24.9 Å². The lowest BCUT2D eigenvalue weighted by atomic mass is 10.0. The van der Waals surface area contributed by atoms with Crippen LogP contribution in [0.5, 0.6) is 0 Å². The van der Waals surface area contributed by atoms with E-state index in [1.54, 1.807) is 0 Å². The van der Waals surface area contributed by atoms with E-state index in [2.05, 4.69) is 84.2 Å². The minimum absolute atomic E-state index is 0. The highest BCUT2D eigenvalue weighted by Crippen LogP contribution is 2.29. The van der Waals surface area contributed by atoms with Gasteiger partial charge in [0.15, 0.2) is 0 Å². The van der Waals surface area contributed by atoms with Crippen molar-refractivity contribution in [2.45, 2.75) is 20.8 Å². The van der Waals surface area contributed by atoms with E-state index in [0.717, 1.165) is 22.6 Å². The van der Waals surface area contributed by atoms with Crippen LogP contribution in [-0.2, 0) is 0 Å². The molecule has 1 heterocycles. The minimum Gasteiger partial charge on any atom is -0.355 e. The number of nitrogens with one attached hydrogen (secondary N) is 1. The maximum absolute atomic E-state index is 4.69. The summed E-state index contributed by atoms with van der Waals surface area (Å²) in [5, 5.41) is 4.70. The number of aryl methyl sites for hydroxylation is 3. The molecular weight excluding hydrogens is 407 g/mol. The van der Waals surface area contributed by atoms with Crippen LogP contribution in [0.25, 0.3) is 10.9 Å². The molecule has 0 bridgehead atoms. The van der Waals surface area contributed by atoms with Gasteiger partial charge in [-0.1, -0.05) is 11.6 Å². The molecule has 1 N–H and O–H groups in total. The standard InChI is InChI=1S/C18H17IN2.ClH/c1-11-8-12(2)18-16(9-11)17(10-13(3)20-18)21-15-6-4-14(19)5-7-15;/h4-10H,1-3H3,(H,20,21);1H. The first-order valence-electron chi connectivity index (χ1n) is 6.94. The van der Waals surface area contributed by atoms with Gasteiger partial charge in [-0.05, 0) is 85.3 Å². The highest BCUT2D eigenvalue weighted by Gasteiger charge is 2.07. The van der Waals surface area contributed by atoms with Crippen molar-refractivity contribution in [2.24, 2.45) is 0 Å². The molecule has 0 aliphatic carbocycles. The smallest absolute Gasteiger partial charge is 0.0755 e. The molecule has 22 heavy (non-hydrogen) atoms. The molecule has 1 aromatic heterocycles. The van der Waals surface area contributed by atoms with Gasteiger partial charge in [0.1, 0.15) is 0 Å². The Kier molecular flexibility index (Phi) is 5.29. The molecule has 0 fully saturated rings. The second-order valence-electron chi connectivity index (χ2n) is 5.42. The van der Waals surface area contributed by atoms with Gasteiger partial charge in [-0.15, -0.1) is 12.4 Å². The average molecular weight is 425 g/mol. The summed E-state index contributed by atoms with van der Waals surface area (Å²) in [4.78, 5) is 4.69. The first-order valence-corrected chi connectivity index (χ1v) is 8.02. The zero-order chi connectivity index (χ0) is 15.0. The third-order valence-corrected chi connectivity index (χ3v) is 4.22. The van der Waals surface area contributed by atoms with Gasteiger partial charge >= 0.3 is 0 Å². The fourth-order valence-electron chi connectivity index (χ4n) is 2.60. The maximum atomic E-state index is 4.69. The molecule has 114 valence electrons. The molecule has 0 unspecified atom stereocenters. The Bertz CT molecular complexity index is 813. The molecule has 0 aliphatic heterocycles. The summed E-state index contributed by atoms with van der Waals surface area (Å²) in [6.45, 7) is 6.29. The monoisotopic (exact) mass is 424 g/mol. The summed E-state index contributed by atoms with van der Waals surface area (Å²) in [6.07, 6.45) is 0. The number of hydrogen-bond acceptors (Lipinski definition) is 2. The predicted molar refractivity (Wildman–Crippen MR) is 106 cm³/mol. The molecule has 2 nitrogen and oxygen atoms in total. The van der Waals surface area contributed by atoms with Crippen LogP contribution < -0.4 is 5.32 Å². The average Bonchev–Trinajstić information content (AvgIpc) is 2.43. The lowest BCUT2D eigenvalue weighted by Crippen LogP contribution is -1.96. The van der Waals surface area contributed by atoms with E-state index in [1.165, 1.54) is 20.1 Å². The van der Waals surface area contributed by atoms with Gasteiger partial charge in [-0.2, -0.15) is 0 Å². The zero-order valence-electron chi connectivity index (χ0n) is 12.8. The van der Waals surface area contributed by atoms with Crippen LogP contribution in [0.2, 0.25) is 0 Å². The number of pyridine rings is 1. The van der Waals surface area contributed by atoms with Crippen molar-refractivity contribution in [1.29, 1.82) is 0 Å². The van der Waals surface area contributed by atoms with Gasteiger partial charge in [0.25, 0.3) is 0 Å². The second-order valence-corrected chi connectivity index (χ2v) is 6.67. The van der Waals surface area contributed by atoms with E-state index in [-0.39, 0.29) is 12.4 Å². The van der Waals surface area contributed by atoms with Crippen molar-refractivity contribution in [2.75, 3.05) is 5.32 Å². The summed E-state index contributed by atoms with van der Waals surface area (Å²) >= 11 is 2.32. The Hall–Kier alpha value is -1.33. The van der Waals surface area contributed by atoms with Crippen molar-refractivity contribution in [3.05, 3.63) is 62.9 Å². The van der Waals surface area contributed by atoms with Crippen molar-refractivity contribution in [3.63, 3.8) is 0 Å². The van der Waals surface area contributed by atoms with Crippen LogP contribution in [0.1, 0.15) is 16.8 Å². The number of rotatable bonds is 2. The van der Waals surface area contributed by atoms with Crippen molar-refractivity contribution in [3.8, 4) is 0 Å². The molecule has 4 heteroatoms. The Balaban J connectivity index is 0.00000176. The van der Waals surface area contributed by atoms with Crippen LogP contribution in [-0.4, -0.2) is 4.98 Å². The molecular formula is C18H18ClIN2. The number of fused-ring (bicyclic) bond motifs is 1. The molecule has 2 aromatic carbocycles. The molecule has 0 aliphatic rings. The van der Waals surface area contributed by atoms with Crippen molar-refractivity contribution >= 4 is 57.3 Å². The third-order valence-electron chi connectivity index (χ3n) is 3.50. The number of nitrogens with zero attached hydrogens (tertiary/aromatic N) is 1. The van der Waals surface area contributed by atoms with E-state index >= 15 is 0 Å². The van der Waals surface area contributed by atoms with Gasteiger partial charge in [0.2, 0.25) is 0 Å². The summed E-state index contributed by atoms with van der Waals surface area (Å²) in [7, 11) is 0. The summed E-state index contributed by atoms with van der Waals surface area (Å²) < 4.78 is 1.24.